The van der Waals surface area contributed by atoms with Gasteiger partial charge < -0.3 is 14.4 Å². The molecule has 0 N–H and O–H groups in total. The second-order valence-electron chi connectivity index (χ2n) is 5.83. The van der Waals surface area contributed by atoms with E-state index in [1.54, 1.807) is 6.92 Å². The Hall–Kier alpha value is -1.88. The summed E-state index contributed by atoms with van der Waals surface area (Å²) in [5.41, 5.74) is 1.10. The first-order valence-corrected chi connectivity index (χ1v) is 7.82. The molecule has 5 heteroatoms. The van der Waals surface area contributed by atoms with Crippen LogP contribution in [0.5, 0.6) is 0 Å². The molecule has 2 heterocycles. The summed E-state index contributed by atoms with van der Waals surface area (Å²) in [6.45, 7) is 2.68. The molecule has 2 saturated heterocycles. The first kappa shape index (κ1) is 15.0. The first-order valence-electron chi connectivity index (χ1n) is 7.82. The van der Waals surface area contributed by atoms with Gasteiger partial charge in [0, 0.05) is 12.8 Å². The number of rotatable bonds is 4. The average molecular weight is 303 g/mol. The molecule has 1 aromatic rings. The summed E-state index contributed by atoms with van der Waals surface area (Å²) in [5.74, 6) is -0.148. The highest BCUT2D eigenvalue weighted by molar-refractivity contribution is 5.79. The van der Waals surface area contributed by atoms with Gasteiger partial charge in [-0.2, -0.15) is 0 Å². The third-order valence-electron chi connectivity index (χ3n) is 4.32. The molecular formula is C17H21NO4. The summed E-state index contributed by atoms with van der Waals surface area (Å²) in [7, 11) is 0. The second-order valence-corrected chi connectivity index (χ2v) is 5.83. The summed E-state index contributed by atoms with van der Waals surface area (Å²) >= 11 is 0. The Bertz CT molecular complexity index is 545. The van der Waals surface area contributed by atoms with E-state index >= 15 is 0 Å². The van der Waals surface area contributed by atoms with Crippen LogP contribution in [0.3, 0.4) is 0 Å². The minimum absolute atomic E-state index is 0.0118. The van der Waals surface area contributed by atoms with Crippen LogP contribution in [0, 0.1) is 5.92 Å². The quantitative estimate of drug-likeness (QED) is 0.801. The van der Waals surface area contributed by atoms with Crippen molar-refractivity contribution < 1.29 is 19.1 Å². The van der Waals surface area contributed by atoms with E-state index in [0.717, 1.165) is 5.56 Å². The van der Waals surface area contributed by atoms with Crippen LogP contribution < -0.4 is 0 Å². The van der Waals surface area contributed by atoms with Gasteiger partial charge in [0.25, 0.3) is 0 Å². The van der Waals surface area contributed by atoms with Crippen LogP contribution in [0.4, 0.5) is 0 Å². The van der Waals surface area contributed by atoms with Gasteiger partial charge in [-0.25, -0.2) is 0 Å². The van der Waals surface area contributed by atoms with Gasteiger partial charge in [-0.3, -0.25) is 9.59 Å². The lowest BCUT2D eigenvalue weighted by atomic mass is 9.91. The van der Waals surface area contributed by atoms with Gasteiger partial charge in [0.15, 0.2) is 0 Å². The van der Waals surface area contributed by atoms with Crippen molar-refractivity contribution in [3.05, 3.63) is 35.9 Å². The van der Waals surface area contributed by atoms with Gasteiger partial charge in [-0.1, -0.05) is 30.3 Å². The van der Waals surface area contributed by atoms with E-state index in [-0.39, 0.29) is 30.1 Å². The fourth-order valence-corrected chi connectivity index (χ4v) is 3.34. The van der Waals surface area contributed by atoms with E-state index in [4.69, 9.17) is 9.47 Å². The number of ether oxygens (including phenoxy) is 2. The zero-order valence-corrected chi connectivity index (χ0v) is 12.7. The van der Waals surface area contributed by atoms with Gasteiger partial charge in [0.1, 0.15) is 6.23 Å². The Morgan fingerprint density at radius 2 is 2.14 bits per heavy atom. The van der Waals surface area contributed by atoms with Crippen LogP contribution in [-0.2, 0) is 19.1 Å². The highest BCUT2D eigenvalue weighted by Crippen LogP contribution is 2.38. The Labute approximate surface area is 130 Å². The van der Waals surface area contributed by atoms with Crippen LogP contribution in [0.1, 0.15) is 37.8 Å². The van der Waals surface area contributed by atoms with E-state index in [2.05, 4.69) is 0 Å². The SMILES string of the molecule is CCOC(=O)C[C@H]1CC(=O)N2[C@@H](C1)OC[C@H]2c1ccccc1. The first-order chi connectivity index (χ1) is 10.7. The molecule has 2 aliphatic rings. The number of carbonyl (C=O) groups is 2. The minimum atomic E-state index is -0.230. The van der Waals surface area contributed by atoms with Gasteiger partial charge in [-0.15, -0.1) is 0 Å². The molecule has 3 rings (SSSR count). The fraction of sp³-hybridized carbons (Fsp3) is 0.529. The molecule has 0 unspecified atom stereocenters. The van der Waals surface area contributed by atoms with Crippen LogP contribution in [0.2, 0.25) is 0 Å². The number of carbonyl (C=O) groups excluding carboxylic acids is 2. The number of esters is 1. The lowest BCUT2D eigenvalue weighted by Crippen LogP contribution is -2.44. The lowest BCUT2D eigenvalue weighted by molar-refractivity contribution is -0.150. The van der Waals surface area contributed by atoms with Gasteiger partial charge in [-0.05, 0) is 24.8 Å². The van der Waals surface area contributed by atoms with Gasteiger partial charge >= 0.3 is 5.97 Å². The molecule has 3 atom stereocenters. The van der Waals surface area contributed by atoms with Crippen molar-refractivity contribution in [1.29, 1.82) is 0 Å². The summed E-state index contributed by atoms with van der Waals surface area (Å²) < 4.78 is 10.8. The molecule has 0 aromatic heterocycles. The monoisotopic (exact) mass is 303 g/mol. The van der Waals surface area contributed by atoms with Crippen molar-refractivity contribution in [2.45, 2.75) is 38.5 Å². The standard InChI is InChI=1S/C17H21NO4/c1-2-21-17(20)10-12-8-15(19)18-14(11-22-16(18)9-12)13-6-4-3-5-7-13/h3-7,12,14,16H,2,8-11H2,1H3/t12-,14-,16+/m0/s1. The maximum absolute atomic E-state index is 12.5. The summed E-state index contributed by atoms with van der Waals surface area (Å²) in [5, 5.41) is 0. The Morgan fingerprint density at radius 1 is 1.36 bits per heavy atom. The normalized spacial score (nSPS) is 27.6. The largest absolute Gasteiger partial charge is 0.466 e. The molecule has 22 heavy (non-hydrogen) atoms. The smallest absolute Gasteiger partial charge is 0.306 e. The van der Waals surface area contributed by atoms with Gasteiger partial charge in [0.2, 0.25) is 5.91 Å². The summed E-state index contributed by atoms with van der Waals surface area (Å²) in [4.78, 5) is 26.0. The van der Waals surface area contributed by atoms with E-state index < -0.39 is 0 Å². The average Bonchev–Trinajstić information content (AvgIpc) is 2.92. The van der Waals surface area contributed by atoms with E-state index in [1.807, 2.05) is 35.2 Å². The predicted octanol–water partition coefficient (Wildman–Crippen LogP) is 2.28. The minimum Gasteiger partial charge on any atom is -0.466 e. The molecule has 0 bridgehead atoms. The van der Waals surface area contributed by atoms with Crippen molar-refractivity contribution in [2.75, 3.05) is 13.2 Å². The molecule has 118 valence electrons. The molecule has 0 radical (unpaired) electrons. The molecule has 0 aliphatic carbocycles. The number of nitrogens with zero attached hydrogens (tertiary/aromatic N) is 1. The lowest BCUT2D eigenvalue weighted by Gasteiger charge is -2.35. The molecule has 1 aromatic carbocycles. The topological polar surface area (TPSA) is 55.8 Å². The molecule has 2 aliphatic heterocycles. The Kier molecular flexibility index (Phi) is 4.43. The number of amides is 1. The second kappa shape index (κ2) is 6.48. The van der Waals surface area contributed by atoms with Crippen molar-refractivity contribution in [3.8, 4) is 0 Å². The molecule has 0 saturated carbocycles. The van der Waals surface area contributed by atoms with Crippen molar-refractivity contribution >= 4 is 11.9 Å². The van der Waals surface area contributed by atoms with E-state index in [0.29, 0.717) is 32.5 Å². The van der Waals surface area contributed by atoms with E-state index in [9.17, 15) is 9.59 Å². The molecular weight excluding hydrogens is 282 g/mol. The Morgan fingerprint density at radius 3 is 2.86 bits per heavy atom. The van der Waals surface area contributed by atoms with Crippen LogP contribution in [0.15, 0.2) is 30.3 Å². The maximum atomic E-state index is 12.5. The summed E-state index contributed by atoms with van der Waals surface area (Å²) in [6, 6.07) is 9.94. The van der Waals surface area contributed by atoms with Crippen LogP contribution in [-0.4, -0.2) is 36.2 Å². The molecule has 0 spiro atoms. The van der Waals surface area contributed by atoms with Crippen molar-refractivity contribution in [3.63, 3.8) is 0 Å². The highest BCUT2D eigenvalue weighted by atomic mass is 16.5. The highest BCUT2D eigenvalue weighted by Gasteiger charge is 2.44. The predicted molar refractivity (Wildman–Crippen MR) is 79.7 cm³/mol. The number of piperidine rings is 1. The maximum Gasteiger partial charge on any atom is 0.306 e. The van der Waals surface area contributed by atoms with Crippen molar-refractivity contribution in [2.24, 2.45) is 5.92 Å². The third kappa shape index (κ3) is 2.99. The fourth-order valence-electron chi connectivity index (χ4n) is 3.34. The van der Waals surface area contributed by atoms with Gasteiger partial charge in [0.05, 0.1) is 19.3 Å². The Balaban J connectivity index is 1.67. The number of benzene rings is 1. The van der Waals surface area contributed by atoms with E-state index in [1.165, 1.54) is 0 Å². The molecule has 2 fully saturated rings. The summed E-state index contributed by atoms with van der Waals surface area (Å²) in [6.07, 6.45) is 1.17. The number of hydrogen-bond acceptors (Lipinski definition) is 4. The van der Waals surface area contributed by atoms with Crippen LogP contribution in [0.25, 0.3) is 0 Å². The number of fused-ring (bicyclic) bond motifs is 1. The number of hydrogen-bond donors (Lipinski definition) is 0. The zero-order valence-electron chi connectivity index (χ0n) is 12.7. The third-order valence-corrected chi connectivity index (χ3v) is 4.32. The van der Waals surface area contributed by atoms with Crippen molar-refractivity contribution in [1.82, 2.24) is 4.90 Å². The molecule has 5 nitrogen and oxygen atoms in total. The molecule has 1 amide bonds. The zero-order chi connectivity index (χ0) is 15.5. The van der Waals surface area contributed by atoms with Crippen LogP contribution >= 0.6 is 0 Å².